The van der Waals surface area contributed by atoms with E-state index in [1.54, 1.807) is 0 Å². The van der Waals surface area contributed by atoms with E-state index < -0.39 is 0 Å². The molecule has 7 heteroatoms. The highest BCUT2D eigenvalue weighted by atomic mass is 16.2. The van der Waals surface area contributed by atoms with Crippen LogP contribution in [0, 0.1) is 0 Å². The summed E-state index contributed by atoms with van der Waals surface area (Å²) in [5.74, 6) is 0.00821. The molecule has 0 unspecified atom stereocenters. The van der Waals surface area contributed by atoms with Crippen molar-refractivity contribution >= 4 is 11.8 Å². The van der Waals surface area contributed by atoms with Crippen LogP contribution < -0.4 is 10.6 Å². The summed E-state index contributed by atoms with van der Waals surface area (Å²) < 4.78 is 1.17. The van der Waals surface area contributed by atoms with Gasteiger partial charge in [0.05, 0.1) is 55.6 Å². The van der Waals surface area contributed by atoms with Gasteiger partial charge in [0.1, 0.15) is 0 Å². The Kier molecular flexibility index (Phi) is 7.66. The Balaban J connectivity index is 4.51. The van der Waals surface area contributed by atoms with E-state index in [0.29, 0.717) is 35.4 Å². The van der Waals surface area contributed by atoms with Crippen molar-refractivity contribution in [1.29, 1.82) is 0 Å². The maximum atomic E-state index is 12.0. The molecule has 0 aliphatic carbocycles. The van der Waals surface area contributed by atoms with Gasteiger partial charge in [-0.3, -0.25) is 14.5 Å². The summed E-state index contributed by atoms with van der Waals surface area (Å²) in [4.78, 5) is 26.0. The van der Waals surface area contributed by atoms with Crippen molar-refractivity contribution in [3.8, 4) is 0 Å². The van der Waals surface area contributed by atoms with Gasteiger partial charge in [-0.25, -0.2) is 0 Å². The molecule has 0 saturated heterocycles. The summed E-state index contributed by atoms with van der Waals surface area (Å²) in [7, 11) is 11.9. The molecular weight excluding hydrogens is 294 g/mol. The van der Waals surface area contributed by atoms with Gasteiger partial charge in [0.2, 0.25) is 0 Å². The van der Waals surface area contributed by atoms with Gasteiger partial charge in [-0.2, -0.15) is 0 Å². The molecule has 0 rings (SSSR count). The fourth-order valence-electron chi connectivity index (χ4n) is 1.87. The Hall–Kier alpha value is -1.18. The normalized spacial score (nSPS) is 13.1. The minimum absolute atomic E-state index is 0.00411. The number of hydrogen-bond donors (Lipinski definition) is 2. The van der Waals surface area contributed by atoms with Gasteiger partial charge >= 0.3 is 0 Å². The minimum atomic E-state index is -0.159. The molecule has 2 amide bonds. The molecular formula is C16H37N5O2+2. The third kappa shape index (κ3) is 12.0. The van der Waals surface area contributed by atoms with Crippen molar-refractivity contribution in [3.63, 3.8) is 0 Å². The van der Waals surface area contributed by atoms with Crippen molar-refractivity contribution < 1.29 is 18.6 Å². The Labute approximate surface area is 141 Å². The number of carbonyl (C=O) groups is 2. The standard InChI is InChI=1S/C16H35N5O2/c1-16(2,3)19(12-17-14(22)10-20(4,5)6)13-18-15(23)11-21(7,8)9/h10-13H2,1-9H3/p+2. The molecule has 136 valence electrons. The number of nitrogens with one attached hydrogen (secondary N) is 2. The second-order valence-corrected chi connectivity index (χ2v) is 9.12. The molecule has 0 saturated carbocycles. The largest absolute Gasteiger partial charge is 0.338 e. The van der Waals surface area contributed by atoms with Gasteiger partial charge in [0.15, 0.2) is 13.1 Å². The Bertz CT molecular complexity index is 370. The molecule has 7 nitrogen and oxygen atoms in total. The number of likely N-dealkylation sites (N-methyl/N-ethyl adjacent to an activating group) is 2. The van der Waals surface area contributed by atoms with Crippen LogP contribution in [0.25, 0.3) is 0 Å². The van der Waals surface area contributed by atoms with Crippen molar-refractivity contribution in [1.82, 2.24) is 15.5 Å². The van der Waals surface area contributed by atoms with Crippen LogP contribution in [0.15, 0.2) is 0 Å². The average molecular weight is 332 g/mol. The average Bonchev–Trinajstić information content (AvgIpc) is 2.21. The van der Waals surface area contributed by atoms with E-state index in [1.165, 1.54) is 0 Å². The molecule has 23 heavy (non-hydrogen) atoms. The first kappa shape index (κ1) is 21.8. The topological polar surface area (TPSA) is 61.4 Å². The van der Waals surface area contributed by atoms with E-state index in [4.69, 9.17) is 0 Å². The summed E-state index contributed by atoms with van der Waals surface area (Å²) in [6.07, 6.45) is 0. The van der Waals surface area contributed by atoms with Crippen LogP contribution in [0.2, 0.25) is 0 Å². The molecule has 0 aliphatic rings. The number of quaternary nitrogens is 2. The SMILES string of the molecule is CC(C)(C)N(CNC(=O)C[N+](C)(C)C)CNC(=O)C[N+](C)(C)C. The molecule has 0 spiro atoms. The zero-order valence-electron chi connectivity index (χ0n) is 16.5. The Morgan fingerprint density at radius 3 is 1.30 bits per heavy atom. The van der Waals surface area contributed by atoms with Crippen molar-refractivity contribution in [2.75, 3.05) is 68.7 Å². The summed E-state index contributed by atoms with van der Waals surface area (Å²) >= 11 is 0. The highest BCUT2D eigenvalue weighted by Crippen LogP contribution is 2.10. The molecule has 0 heterocycles. The van der Waals surface area contributed by atoms with Crippen LogP contribution in [0.4, 0.5) is 0 Å². The first-order chi connectivity index (χ1) is 10.1. The first-order valence-corrected chi connectivity index (χ1v) is 7.99. The van der Waals surface area contributed by atoms with Gasteiger partial charge in [-0.1, -0.05) is 0 Å². The third-order valence-electron chi connectivity index (χ3n) is 3.12. The molecule has 0 aromatic carbocycles. The van der Waals surface area contributed by atoms with E-state index in [0.717, 1.165) is 0 Å². The molecule has 0 fully saturated rings. The van der Waals surface area contributed by atoms with Crippen LogP contribution in [-0.4, -0.2) is 99.9 Å². The second-order valence-electron chi connectivity index (χ2n) is 9.12. The van der Waals surface area contributed by atoms with Crippen molar-refractivity contribution in [2.24, 2.45) is 0 Å². The minimum Gasteiger partial charge on any atom is -0.338 e. The number of hydrogen-bond acceptors (Lipinski definition) is 3. The first-order valence-electron chi connectivity index (χ1n) is 7.99. The van der Waals surface area contributed by atoms with Crippen LogP contribution >= 0.6 is 0 Å². The lowest BCUT2D eigenvalue weighted by molar-refractivity contribution is -0.862. The molecule has 0 aromatic heterocycles. The molecule has 0 bridgehead atoms. The molecule has 0 aromatic rings. The quantitative estimate of drug-likeness (QED) is 0.472. The smallest absolute Gasteiger partial charge is 0.276 e. The summed E-state index contributed by atoms with van der Waals surface area (Å²) in [5, 5.41) is 5.87. The van der Waals surface area contributed by atoms with Gasteiger partial charge in [0.25, 0.3) is 11.8 Å². The number of carbonyl (C=O) groups excluding carboxylic acids is 2. The zero-order chi connectivity index (χ0) is 18.5. The van der Waals surface area contributed by atoms with E-state index in [1.807, 2.05) is 47.2 Å². The number of amides is 2. The lowest BCUT2D eigenvalue weighted by atomic mass is 10.1. The van der Waals surface area contributed by atoms with E-state index >= 15 is 0 Å². The van der Waals surface area contributed by atoms with Crippen LogP contribution in [0.5, 0.6) is 0 Å². The summed E-state index contributed by atoms with van der Waals surface area (Å²) in [5.41, 5.74) is -0.159. The van der Waals surface area contributed by atoms with Crippen LogP contribution in [-0.2, 0) is 9.59 Å². The van der Waals surface area contributed by atoms with Gasteiger partial charge in [0, 0.05) is 5.54 Å². The Morgan fingerprint density at radius 1 is 0.783 bits per heavy atom. The van der Waals surface area contributed by atoms with Crippen LogP contribution in [0.3, 0.4) is 0 Å². The van der Waals surface area contributed by atoms with E-state index in [9.17, 15) is 9.59 Å². The highest BCUT2D eigenvalue weighted by Gasteiger charge is 2.24. The maximum absolute atomic E-state index is 12.0. The third-order valence-corrected chi connectivity index (χ3v) is 3.12. The Morgan fingerprint density at radius 2 is 1.09 bits per heavy atom. The number of nitrogens with zero attached hydrogens (tertiary/aromatic N) is 3. The van der Waals surface area contributed by atoms with Gasteiger partial charge in [-0.15, -0.1) is 0 Å². The monoisotopic (exact) mass is 331 g/mol. The highest BCUT2D eigenvalue weighted by molar-refractivity contribution is 5.77. The van der Waals surface area contributed by atoms with Gasteiger partial charge in [-0.05, 0) is 20.8 Å². The summed E-state index contributed by atoms with van der Waals surface area (Å²) in [6.45, 7) is 7.85. The van der Waals surface area contributed by atoms with E-state index in [2.05, 4.69) is 31.4 Å². The maximum Gasteiger partial charge on any atom is 0.276 e. The lowest BCUT2D eigenvalue weighted by Crippen LogP contribution is -2.55. The number of rotatable bonds is 8. The fraction of sp³-hybridized carbons (Fsp3) is 0.875. The molecule has 0 atom stereocenters. The van der Waals surface area contributed by atoms with E-state index in [-0.39, 0.29) is 17.4 Å². The predicted molar refractivity (Wildman–Crippen MR) is 93.4 cm³/mol. The second kappa shape index (κ2) is 8.08. The van der Waals surface area contributed by atoms with Crippen molar-refractivity contribution in [3.05, 3.63) is 0 Å². The van der Waals surface area contributed by atoms with Gasteiger partial charge < -0.3 is 19.6 Å². The predicted octanol–water partition coefficient (Wildman–Crippen LogP) is -0.353. The lowest BCUT2D eigenvalue weighted by Gasteiger charge is -2.36. The van der Waals surface area contributed by atoms with Crippen LogP contribution in [0.1, 0.15) is 20.8 Å². The molecule has 2 N–H and O–H groups in total. The molecule has 0 aliphatic heterocycles. The fourth-order valence-corrected chi connectivity index (χ4v) is 1.87. The zero-order valence-corrected chi connectivity index (χ0v) is 16.5. The molecule has 0 radical (unpaired) electrons. The summed E-state index contributed by atoms with van der Waals surface area (Å²) in [6, 6.07) is 0. The van der Waals surface area contributed by atoms with Crippen molar-refractivity contribution in [2.45, 2.75) is 26.3 Å².